The number of carbonyl (C=O) groups excluding carboxylic acids is 2. The summed E-state index contributed by atoms with van der Waals surface area (Å²) in [5.74, 6) is 0.00909. The van der Waals surface area contributed by atoms with Crippen LogP contribution < -0.4 is 10.5 Å². The molecule has 1 saturated heterocycles. The molecule has 0 bridgehead atoms. The van der Waals surface area contributed by atoms with E-state index in [1.807, 2.05) is 53.4 Å². The highest BCUT2D eigenvalue weighted by molar-refractivity contribution is 5.95. The van der Waals surface area contributed by atoms with Gasteiger partial charge in [0.2, 0.25) is 5.91 Å². The zero-order valence-corrected chi connectivity index (χ0v) is 25.7. The van der Waals surface area contributed by atoms with Gasteiger partial charge in [-0.25, -0.2) is 0 Å². The van der Waals surface area contributed by atoms with Crippen molar-refractivity contribution >= 4 is 30.1 Å². The molecule has 4 rings (SSSR count). The first-order valence-electron chi connectivity index (χ1n) is 14.2. The Morgan fingerprint density at radius 1 is 0.976 bits per heavy atom. The first-order valence-corrected chi connectivity index (χ1v) is 14.2. The van der Waals surface area contributed by atoms with Crippen molar-refractivity contribution in [3.8, 4) is 16.9 Å². The van der Waals surface area contributed by atoms with E-state index in [2.05, 4.69) is 45.0 Å². The van der Waals surface area contributed by atoms with Gasteiger partial charge in [0.1, 0.15) is 18.2 Å². The quantitative estimate of drug-likeness (QED) is 0.158. The molecule has 0 radical (unpaired) electrons. The van der Waals surface area contributed by atoms with Crippen molar-refractivity contribution in [2.75, 3.05) is 20.3 Å². The van der Waals surface area contributed by atoms with Crippen molar-refractivity contribution in [1.82, 2.24) is 4.90 Å². The molecule has 3 aromatic rings. The Balaban J connectivity index is 0.00000484. The van der Waals surface area contributed by atoms with Crippen LogP contribution in [0, 0.1) is 11.3 Å². The third kappa shape index (κ3) is 8.35. The normalized spacial score (nSPS) is 16.6. The number of hydrogen-bond donors (Lipinski definition) is 2. The van der Waals surface area contributed by atoms with Crippen LogP contribution in [0.2, 0.25) is 0 Å². The van der Waals surface area contributed by atoms with Crippen LogP contribution in [0.5, 0.6) is 5.75 Å². The Labute approximate surface area is 255 Å². The number of nitrogens with one attached hydrogen (secondary N) is 1. The number of aryl methyl sites for hydroxylation is 1. The molecule has 0 aliphatic carbocycles. The SMILES string of the molecule is COC(=O)C[C@@H]1C[C@@H](COc2ccc(-c3ccc(C(=N)N)cc3)cc2)N(CCCc2ccc(C(C)(C)C)cc2)C1=O.Cl. The highest BCUT2D eigenvalue weighted by atomic mass is 35.5. The van der Waals surface area contributed by atoms with Gasteiger partial charge in [-0.3, -0.25) is 15.0 Å². The molecule has 42 heavy (non-hydrogen) atoms. The molecule has 0 spiro atoms. The lowest BCUT2D eigenvalue weighted by Gasteiger charge is -2.25. The number of esters is 1. The summed E-state index contributed by atoms with van der Waals surface area (Å²) in [7, 11) is 1.35. The summed E-state index contributed by atoms with van der Waals surface area (Å²) in [5.41, 5.74) is 11.0. The fraction of sp³-hybridized carbons (Fsp3) is 0.382. The van der Waals surface area contributed by atoms with Crippen LogP contribution >= 0.6 is 12.4 Å². The average molecular weight is 592 g/mol. The van der Waals surface area contributed by atoms with E-state index in [1.54, 1.807) is 0 Å². The lowest BCUT2D eigenvalue weighted by Crippen LogP contribution is -2.38. The van der Waals surface area contributed by atoms with Crippen LogP contribution in [-0.2, 0) is 26.2 Å². The number of benzene rings is 3. The number of carbonyl (C=O) groups is 2. The van der Waals surface area contributed by atoms with Crippen molar-refractivity contribution in [2.45, 2.75) is 57.9 Å². The molecule has 8 heteroatoms. The highest BCUT2D eigenvalue weighted by Gasteiger charge is 2.40. The second kappa shape index (κ2) is 14.4. The number of nitrogens with zero attached hydrogens (tertiary/aromatic N) is 1. The number of methoxy groups -OCH3 is 1. The van der Waals surface area contributed by atoms with Crippen LogP contribution in [0.3, 0.4) is 0 Å². The maximum Gasteiger partial charge on any atom is 0.306 e. The Morgan fingerprint density at radius 2 is 1.57 bits per heavy atom. The summed E-state index contributed by atoms with van der Waals surface area (Å²) in [5, 5.41) is 7.55. The molecule has 0 unspecified atom stereocenters. The van der Waals surface area contributed by atoms with Crippen LogP contribution in [0.25, 0.3) is 11.1 Å². The molecule has 7 nitrogen and oxygen atoms in total. The number of rotatable bonds is 11. The fourth-order valence-corrected chi connectivity index (χ4v) is 5.28. The van der Waals surface area contributed by atoms with E-state index in [0.717, 1.165) is 29.7 Å². The lowest BCUT2D eigenvalue weighted by atomic mass is 9.86. The van der Waals surface area contributed by atoms with E-state index in [4.69, 9.17) is 20.6 Å². The van der Waals surface area contributed by atoms with E-state index in [1.165, 1.54) is 18.2 Å². The van der Waals surface area contributed by atoms with Crippen molar-refractivity contribution < 1.29 is 19.1 Å². The summed E-state index contributed by atoms with van der Waals surface area (Å²) in [4.78, 5) is 27.1. The van der Waals surface area contributed by atoms with Crippen molar-refractivity contribution in [2.24, 2.45) is 11.7 Å². The maximum atomic E-state index is 13.3. The number of hydrogen-bond acceptors (Lipinski definition) is 5. The zero-order valence-electron chi connectivity index (χ0n) is 24.9. The summed E-state index contributed by atoms with van der Waals surface area (Å²) >= 11 is 0. The number of ether oxygens (including phenoxy) is 2. The molecule has 1 amide bonds. The lowest BCUT2D eigenvalue weighted by molar-refractivity contribution is -0.144. The Bertz CT molecular complexity index is 1350. The van der Waals surface area contributed by atoms with Gasteiger partial charge in [0, 0.05) is 12.1 Å². The third-order valence-electron chi connectivity index (χ3n) is 7.78. The number of likely N-dealkylation sites (tertiary alicyclic amines) is 1. The van der Waals surface area contributed by atoms with E-state index in [9.17, 15) is 9.59 Å². The van der Waals surface area contributed by atoms with Crippen molar-refractivity contribution in [3.05, 3.63) is 89.5 Å². The second-order valence-corrected chi connectivity index (χ2v) is 11.8. The molecule has 1 aliphatic rings. The van der Waals surface area contributed by atoms with E-state index in [-0.39, 0.29) is 53.9 Å². The Hall–Kier alpha value is -3.84. The number of amidine groups is 1. The molecule has 3 N–H and O–H groups in total. The van der Waals surface area contributed by atoms with Gasteiger partial charge in [0.05, 0.1) is 25.5 Å². The molecule has 0 aromatic heterocycles. The summed E-state index contributed by atoms with van der Waals surface area (Å²) in [6.07, 6.45) is 2.36. The fourth-order valence-electron chi connectivity index (χ4n) is 5.28. The molecule has 1 fully saturated rings. The molecule has 1 heterocycles. The summed E-state index contributed by atoms with van der Waals surface area (Å²) in [6, 6.07) is 24.0. The predicted molar refractivity (Wildman–Crippen MR) is 169 cm³/mol. The molecule has 224 valence electrons. The van der Waals surface area contributed by atoms with Gasteiger partial charge in [-0.2, -0.15) is 0 Å². The minimum absolute atomic E-state index is 0. The number of nitrogen functional groups attached to an aromatic ring is 1. The molecule has 1 aliphatic heterocycles. The average Bonchev–Trinajstić information content (AvgIpc) is 3.25. The Kier molecular flexibility index (Phi) is 11.2. The topological polar surface area (TPSA) is 106 Å². The minimum atomic E-state index is -0.387. The predicted octanol–water partition coefficient (Wildman–Crippen LogP) is 6.15. The van der Waals surface area contributed by atoms with Crippen molar-refractivity contribution in [1.29, 1.82) is 5.41 Å². The third-order valence-corrected chi connectivity index (χ3v) is 7.78. The first kappa shape index (κ1) is 32.7. The Morgan fingerprint density at radius 3 is 2.12 bits per heavy atom. The first-order chi connectivity index (χ1) is 19.5. The minimum Gasteiger partial charge on any atom is -0.491 e. The van der Waals surface area contributed by atoms with Gasteiger partial charge in [0.15, 0.2) is 0 Å². The van der Waals surface area contributed by atoms with Crippen LogP contribution in [0.15, 0.2) is 72.8 Å². The van der Waals surface area contributed by atoms with E-state index >= 15 is 0 Å². The molecule has 0 saturated carbocycles. The van der Waals surface area contributed by atoms with Crippen LogP contribution in [-0.4, -0.2) is 48.9 Å². The largest absolute Gasteiger partial charge is 0.491 e. The molecule has 3 aromatic carbocycles. The van der Waals surface area contributed by atoms with Gasteiger partial charge in [-0.15, -0.1) is 12.4 Å². The number of amides is 1. The smallest absolute Gasteiger partial charge is 0.306 e. The molecular weight excluding hydrogens is 550 g/mol. The summed E-state index contributed by atoms with van der Waals surface area (Å²) in [6.45, 7) is 7.59. The highest BCUT2D eigenvalue weighted by Crippen LogP contribution is 2.30. The van der Waals surface area contributed by atoms with E-state index < -0.39 is 0 Å². The zero-order chi connectivity index (χ0) is 29.6. The van der Waals surface area contributed by atoms with Crippen LogP contribution in [0.4, 0.5) is 0 Å². The monoisotopic (exact) mass is 591 g/mol. The second-order valence-electron chi connectivity index (χ2n) is 11.8. The van der Waals surface area contributed by atoms with E-state index in [0.29, 0.717) is 25.1 Å². The van der Waals surface area contributed by atoms with Gasteiger partial charge < -0.3 is 20.1 Å². The van der Waals surface area contributed by atoms with Crippen molar-refractivity contribution in [3.63, 3.8) is 0 Å². The maximum absolute atomic E-state index is 13.3. The van der Waals surface area contributed by atoms with Gasteiger partial charge in [-0.1, -0.05) is 81.4 Å². The van der Waals surface area contributed by atoms with Gasteiger partial charge >= 0.3 is 5.97 Å². The molecule has 2 atom stereocenters. The van der Waals surface area contributed by atoms with Gasteiger partial charge in [-0.05, 0) is 59.1 Å². The summed E-state index contributed by atoms with van der Waals surface area (Å²) < 4.78 is 11.0. The number of halogens is 1. The molecular formula is C34H42ClN3O4. The number of nitrogens with two attached hydrogens (primary N) is 1. The van der Waals surface area contributed by atoms with Gasteiger partial charge in [0.25, 0.3) is 0 Å². The van der Waals surface area contributed by atoms with Crippen LogP contribution in [0.1, 0.15) is 56.7 Å². The standard InChI is InChI=1S/C34H41N3O4.ClH/c1-34(2,3)28-15-7-23(8-16-28)6-5-19-37-29(20-27(33(37)39)21-31(38)40-4)22-41-30-17-13-25(14-18-30)24-9-11-26(12-10-24)32(35)36;/h7-18,27,29H,5-6,19-22H2,1-4H3,(H3,35,36);1H/t27-,29-;/m0./s1.